The van der Waals surface area contributed by atoms with Crippen LogP contribution < -0.4 is 10.6 Å². The van der Waals surface area contributed by atoms with E-state index >= 15 is 0 Å². The highest BCUT2D eigenvalue weighted by Crippen LogP contribution is 2.25. The van der Waals surface area contributed by atoms with Crippen molar-refractivity contribution in [1.82, 2.24) is 15.5 Å². The molecule has 23 heavy (non-hydrogen) atoms. The van der Waals surface area contributed by atoms with Gasteiger partial charge in [0.1, 0.15) is 0 Å². The minimum Gasteiger partial charge on any atom is -0.356 e. The van der Waals surface area contributed by atoms with Gasteiger partial charge in [0, 0.05) is 12.6 Å². The molecular weight excluding hydrogens is 328 g/mol. The van der Waals surface area contributed by atoms with Crippen molar-refractivity contribution in [2.75, 3.05) is 11.1 Å². The zero-order valence-corrected chi connectivity index (χ0v) is 15.0. The summed E-state index contributed by atoms with van der Waals surface area (Å²) < 4.78 is 0.804. The van der Waals surface area contributed by atoms with Crippen LogP contribution >= 0.6 is 23.1 Å². The molecule has 124 valence electrons. The molecule has 2 N–H and O–H groups in total. The zero-order chi connectivity index (χ0) is 16.5. The molecule has 2 aromatic rings. The number of rotatable bonds is 9. The highest BCUT2D eigenvalue weighted by molar-refractivity contribution is 8.01. The van der Waals surface area contributed by atoms with Crippen LogP contribution in [0.15, 0.2) is 34.7 Å². The number of carbonyl (C=O) groups is 1. The molecule has 0 radical (unpaired) electrons. The van der Waals surface area contributed by atoms with Crippen LogP contribution in [-0.2, 0) is 11.3 Å². The lowest BCUT2D eigenvalue weighted by Gasteiger charge is -2.11. The van der Waals surface area contributed by atoms with Crippen molar-refractivity contribution < 1.29 is 4.79 Å². The fourth-order valence-corrected chi connectivity index (χ4v) is 3.62. The second-order valence-corrected chi connectivity index (χ2v) is 7.46. The number of nitrogens with one attached hydrogen (secondary N) is 2. The SMILES string of the molecule is CCC[C@H](C)NC(=O)CSc1nnc(NCc2ccccc2)s1. The Bertz CT molecular complexity index is 603. The van der Waals surface area contributed by atoms with Gasteiger partial charge in [0.25, 0.3) is 0 Å². The maximum atomic E-state index is 11.8. The zero-order valence-electron chi connectivity index (χ0n) is 13.4. The number of nitrogens with zero attached hydrogens (tertiary/aromatic N) is 2. The Hall–Kier alpha value is -1.60. The molecule has 1 amide bonds. The smallest absolute Gasteiger partial charge is 0.230 e. The van der Waals surface area contributed by atoms with E-state index < -0.39 is 0 Å². The second-order valence-electron chi connectivity index (χ2n) is 5.26. The Morgan fingerprint density at radius 3 is 2.83 bits per heavy atom. The fourth-order valence-electron chi connectivity index (χ4n) is 2.06. The van der Waals surface area contributed by atoms with Crippen LogP contribution in [0.25, 0.3) is 0 Å². The van der Waals surface area contributed by atoms with Crippen LogP contribution in [0.2, 0.25) is 0 Å². The highest BCUT2D eigenvalue weighted by atomic mass is 32.2. The maximum Gasteiger partial charge on any atom is 0.230 e. The summed E-state index contributed by atoms with van der Waals surface area (Å²) in [5.74, 6) is 0.423. The number of hydrogen-bond donors (Lipinski definition) is 2. The van der Waals surface area contributed by atoms with Crippen molar-refractivity contribution in [2.45, 2.75) is 43.6 Å². The first-order valence-corrected chi connectivity index (χ1v) is 9.51. The first kappa shape index (κ1) is 17.7. The molecule has 7 heteroatoms. The molecule has 1 heterocycles. The van der Waals surface area contributed by atoms with E-state index in [1.165, 1.54) is 28.7 Å². The Morgan fingerprint density at radius 2 is 2.09 bits per heavy atom. The predicted molar refractivity (Wildman–Crippen MR) is 96.9 cm³/mol. The van der Waals surface area contributed by atoms with Crippen molar-refractivity contribution in [2.24, 2.45) is 0 Å². The molecule has 2 rings (SSSR count). The molecule has 1 aromatic carbocycles. The molecular formula is C16H22N4OS2. The van der Waals surface area contributed by atoms with Crippen LogP contribution in [0.3, 0.4) is 0 Å². The third kappa shape index (κ3) is 6.58. The van der Waals surface area contributed by atoms with E-state index in [1.807, 2.05) is 25.1 Å². The van der Waals surface area contributed by atoms with E-state index in [-0.39, 0.29) is 11.9 Å². The van der Waals surface area contributed by atoms with E-state index in [2.05, 4.69) is 39.9 Å². The predicted octanol–water partition coefficient (Wildman–Crippen LogP) is 3.55. The molecule has 0 spiro atoms. The Kier molecular flexibility index (Phi) is 7.35. The van der Waals surface area contributed by atoms with E-state index in [0.717, 1.165) is 28.9 Å². The topological polar surface area (TPSA) is 66.9 Å². The van der Waals surface area contributed by atoms with Crippen molar-refractivity contribution >= 4 is 34.1 Å². The first-order valence-electron chi connectivity index (χ1n) is 7.71. The molecule has 0 aliphatic carbocycles. The molecule has 0 unspecified atom stereocenters. The number of amides is 1. The Balaban J connectivity index is 1.73. The number of hydrogen-bond acceptors (Lipinski definition) is 6. The number of thioether (sulfide) groups is 1. The van der Waals surface area contributed by atoms with Crippen molar-refractivity contribution in [3.05, 3.63) is 35.9 Å². The second kappa shape index (κ2) is 9.52. The van der Waals surface area contributed by atoms with Gasteiger partial charge in [0.15, 0.2) is 4.34 Å². The van der Waals surface area contributed by atoms with Gasteiger partial charge in [-0.05, 0) is 18.9 Å². The third-order valence-electron chi connectivity index (χ3n) is 3.15. The van der Waals surface area contributed by atoms with Crippen molar-refractivity contribution in [3.8, 4) is 0 Å². The molecule has 0 saturated heterocycles. The van der Waals surface area contributed by atoms with Crippen LogP contribution in [0.4, 0.5) is 5.13 Å². The summed E-state index contributed by atoms with van der Waals surface area (Å²) in [4.78, 5) is 11.8. The van der Waals surface area contributed by atoms with Crippen LogP contribution in [-0.4, -0.2) is 27.9 Å². The summed E-state index contributed by atoms with van der Waals surface area (Å²) in [6, 6.07) is 10.4. The molecule has 0 aliphatic rings. The summed E-state index contributed by atoms with van der Waals surface area (Å²) in [6.07, 6.45) is 2.07. The average molecular weight is 351 g/mol. The maximum absolute atomic E-state index is 11.8. The molecule has 1 aromatic heterocycles. The quantitative estimate of drug-likeness (QED) is 0.677. The van der Waals surface area contributed by atoms with Gasteiger partial charge in [-0.3, -0.25) is 4.79 Å². The van der Waals surface area contributed by atoms with E-state index in [4.69, 9.17) is 0 Å². The number of anilines is 1. The normalized spacial score (nSPS) is 11.9. The molecule has 0 aliphatic heterocycles. The standard InChI is InChI=1S/C16H22N4OS2/c1-3-7-12(2)18-14(21)11-22-16-20-19-15(23-16)17-10-13-8-5-4-6-9-13/h4-6,8-9,12H,3,7,10-11H2,1-2H3,(H,17,19)(H,18,21)/t12-/m0/s1. The highest BCUT2D eigenvalue weighted by Gasteiger charge is 2.10. The van der Waals surface area contributed by atoms with Gasteiger partial charge in [0.05, 0.1) is 5.75 Å². The molecule has 0 saturated carbocycles. The number of aromatic nitrogens is 2. The largest absolute Gasteiger partial charge is 0.356 e. The van der Waals surface area contributed by atoms with Gasteiger partial charge < -0.3 is 10.6 Å². The Labute approximate surface area is 145 Å². The van der Waals surface area contributed by atoms with Gasteiger partial charge in [-0.1, -0.05) is 66.8 Å². The lowest BCUT2D eigenvalue weighted by molar-refractivity contribution is -0.119. The summed E-state index contributed by atoms with van der Waals surface area (Å²) >= 11 is 2.90. The summed E-state index contributed by atoms with van der Waals surface area (Å²) in [5, 5.41) is 15.2. The van der Waals surface area contributed by atoms with E-state index in [0.29, 0.717) is 5.75 Å². The third-order valence-corrected chi connectivity index (χ3v) is 5.16. The minimum absolute atomic E-state index is 0.0462. The average Bonchev–Trinajstić information content (AvgIpc) is 3.00. The summed E-state index contributed by atoms with van der Waals surface area (Å²) in [7, 11) is 0. The van der Waals surface area contributed by atoms with Crippen LogP contribution in [0, 0.1) is 0 Å². The van der Waals surface area contributed by atoms with E-state index in [9.17, 15) is 4.79 Å². The first-order chi connectivity index (χ1) is 11.2. The van der Waals surface area contributed by atoms with Gasteiger partial charge in [-0.2, -0.15) is 0 Å². The molecule has 1 atom stereocenters. The van der Waals surface area contributed by atoms with Gasteiger partial charge in [-0.15, -0.1) is 10.2 Å². The van der Waals surface area contributed by atoms with Crippen molar-refractivity contribution in [1.29, 1.82) is 0 Å². The van der Waals surface area contributed by atoms with Gasteiger partial charge in [0.2, 0.25) is 11.0 Å². The van der Waals surface area contributed by atoms with Crippen LogP contribution in [0.1, 0.15) is 32.3 Å². The monoisotopic (exact) mass is 350 g/mol. The summed E-state index contributed by atoms with van der Waals surface area (Å²) in [5.41, 5.74) is 1.20. The molecule has 0 fully saturated rings. The van der Waals surface area contributed by atoms with Crippen molar-refractivity contribution in [3.63, 3.8) is 0 Å². The van der Waals surface area contributed by atoms with Crippen LogP contribution in [0.5, 0.6) is 0 Å². The number of benzene rings is 1. The Morgan fingerprint density at radius 1 is 1.30 bits per heavy atom. The molecule has 0 bridgehead atoms. The summed E-state index contributed by atoms with van der Waals surface area (Å²) in [6.45, 7) is 4.86. The fraction of sp³-hybridized carbons (Fsp3) is 0.438. The molecule has 5 nitrogen and oxygen atoms in total. The number of carbonyl (C=O) groups excluding carboxylic acids is 1. The lowest BCUT2D eigenvalue weighted by atomic mass is 10.2. The van der Waals surface area contributed by atoms with Gasteiger partial charge >= 0.3 is 0 Å². The van der Waals surface area contributed by atoms with E-state index in [1.54, 1.807) is 0 Å². The minimum atomic E-state index is 0.0462. The lowest BCUT2D eigenvalue weighted by Crippen LogP contribution is -2.33. The van der Waals surface area contributed by atoms with Gasteiger partial charge in [-0.25, -0.2) is 0 Å².